The van der Waals surface area contributed by atoms with Crippen molar-refractivity contribution in [3.8, 4) is 11.5 Å². The number of ether oxygens (including phenoxy) is 2. The fourth-order valence-electron chi connectivity index (χ4n) is 1.20. The molecule has 1 aromatic rings. The van der Waals surface area contributed by atoms with Crippen LogP contribution in [0.15, 0.2) is 41.0 Å². The molecule has 0 bridgehead atoms. The van der Waals surface area contributed by atoms with Gasteiger partial charge < -0.3 is 14.3 Å². The van der Waals surface area contributed by atoms with E-state index in [1.807, 2.05) is 38.1 Å². The molecular formula is C14H18ClNO3. The lowest BCUT2D eigenvalue weighted by molar-refractivity contribution is 0.156. The number of oxime groups is 1. The molecule has 0 aliphatic rings. The SMILES string of the molecule is CCON=C(C)COc1ccc(OCC=CCl)cc1. The van der Waals surface area contributed by atoms with Crippen LogP contribution in [-0.4, -0.2) is 25.5 Å². The van der Waals surface area contributed by atoms with Crippen LogP contribution in [0.2, 0.25) is 0 Å². The number of benzene rings is 1. The molecule has 0 radical (unpaired) electrons. The average Bonchev–Trinajstić information content (AvgIpc) is 2.44. The van der Waals surface area contributed by atoms with E-state index in [0.29, 0.717) is 19.8 Å². The zero-order chi connectivity index (χ0) is 13.9. The van der Waals surface area contributed by atoms with Gasteiger partial charge in [0.15, 0.2) is 0 Å². The minimum atomic E-state index is 0.398. The van der Waals surface area contributed by atoms with E-state index in [-0.39, 0.29) is 0 Å². The quantitative estimate of drug-likeness (QED) is 0.540. The second-order valence-electron chi connectivity index (χ2n) is 3.68. The molecule has 0 saturated carbocycles. The van der Waals surface area contributed by atoms with Crippen LogP contribution in [0.3, 0.4) is 0 Å². The second-order valence-corrected chi connectivity index (χ2v) is 3.93. The van der Waals surface area contributed by atoms with Crippen molar-refractivity contribution in [2.24, 2.45) is 5.16 Å². The fraction of sp³-hybridized carbons (Fsp3) is 0.357. The molecule has 0 aliphatic carbocycles. The summed E-state index contributed by atoms with van der Waals surface area (Å²) in [7, 11) is 0. The first kappa shape index (κ1) is 15.4. The Kier molecular flexibility index (Phi) is 7.51. The van der Waals surface area contributed by atoms with Crippen LogP contribution in [0.5, 0.6) is 11.5 Å². The Hall–Kier alpha value is -1.68. The third-order valence-electron chi connectivity index (χ3n) is 2.06. The highest BCUT2D eigenvalue weighted by Gasteiger charge is 1.98. The summed E-state index contributed by atoms with van der Waals surface area (Å²) in [5, 5.41) is 3.87. The molecule has 0 fully saturated rings. The first-order valence-electron chi connectivity index (χ1n) is 6.02. The molecule has 0 aliphatic heterocycles. The highest BCUT2D eigenvalue weighted by molar-refractivity contribution is 6.25. The maximum Gasteiger partial charge on any atom is 0.129 e. The summed E-state index contributed by atoms with van der Waals surface area (Å²) in [6, 6.07) is 7.36. The molecule has 0 spiro atoms. The molecule has 0 unspecified atom stereocenters. The zero-order valence-corrected chi connectivity index (χ0v) is 11.9. The number of nitrogens with zero attached hydrogens (tertiary/aromatic N) is 1. The molecule has 0 saturated heterocycles. The second kappa shape index (κ2) is 9.28. The lowest BCUT2D eigenvalue weighted by Gasteiger charge is -2.07. The van der Waals surface area contributed by atoms with Crippen molar-refractivity contribution in [2.75, 3.05) is 19.8 Å². The molecule has 5 heteroatoms. The minimum absolute atomic E-state index is 0.398. The number of halogens is 1. The van der Waals surface area contributed by atoms with Gasteiger partial charge in [0.2, 0.25) is 0 Å². The summed E-state index contributed by atoms with van der Waals surface area (Å²) >= 11 is 5.40. The molecule has 0 amide bonds. The number of hydrogen-bond donors (Lipinski definition) is 0. The van der Waals surface area contributed by atoms with E-state index in [0.717, 1.165) is 17.2 Å². The summed E-state index contributed by atoms with van der Waals surface area (Å²) in [4.78, 5) is 4.93. The molecule has 1 aromatic carbocycles. The van der Waals surface area contributed by atoms with E-state index < -0.39 is 0 Å². The monoisotopic (exact) mass is 283 g/mol. The molecule has 1 rings (SSSR count). The Morgan fingerprint density at radius 2 is 1.84 bits per heavy atom. The van der Waals surface area contributed by atoms with Crippen molar-refractivity contribution in [3.63, 3.8) is 0 Å². The van der Waals surface area contributed by atoms with Gasteiger partial charge in [-0.2, -0.15) is 0 Å². The molecule has 104 valence electrons. The molecule has 0 aromatic heterocycles. The average molecular weight is 284 g/mol. The topological polar surface area (TPSA) is 40.0 Å². The smallest absolute Gasteiger partial charge is 0.129 e. The van der Waals surface area contributed by atoms with Crippen molar-refractivity contribution in [1.29, 1.82) is 0 Å². The Labute approximate surface area is 118 Å². The summed E-state index contributed by atoms with van der Waals surface area (Å²) < 4.78 is 11.0. The lowest BCUT2D eigenvalue weighted by atomic mass is 10.3. The van der Waals surface area contributed by atoms with Gasteiger partial charge >= 0.3 is 0 Å². The van der Waals surface area contributed by atoms with Crippen LogP contribution in [0.4, 0.5) is 0 Å². The molecular weight excluding hydrogens is 266 g/mol. The van der Waals surface area contributed by atoms with E-state index in [1.54, 1.807) is 6.08 Å². The van der Waals surface area contributed by atoms with Crippen molar-refractivity contribution < 1.29 is 14.3 Å². The van der Waals surface area contributed by atoms with E-state index in [4.69, 9.17) is 25.9 Å². The van der Waals surface area contributed by atoms with Crippen LogP contribution < -0.4 is 9.47 Å². The maximum absolute atomic E-state index is 5.54. The fourth-order valence-corrected chi connectivity index (χ4v) is 1.27. The Balaban J connectivity index is 2.39. The molecule has 0 heterocycles. The standard InChI is InChI=1S/C14H18ClNO3/c1-3-19-16-12(2)11-18-14-7-5-13(6-8-14)17-10-4-9-15/h4-9H,3,10-11H2,1-2H3. The van der Waals surface area contributed by atoms with Gasteiger partial charge in [0.1, 0.15) is 31.3 Å². The van der Waals surface area contributed by atoms with Gasteiger partial charge in [-0.1, -0.05) is 16.8 Å². The Morgan fingerprint density at radius 1 is 1.21 bits per heavy atom. The third-order valence-corrected chi connectivity index (χ3v) is 2.23. The van der Waals surface area contributed by atoms with Crippen LogP contribution in [0.25, 0.3) is 0 Å². The van der Waals surface area contributed by atoms with E-state index in [1.165, 1.54) is 5.54 Å². The summed E-state index contributed by atoms with van der Waals surface area (Å²) in [5.74, 6) is 1.52. The highest BCUT2D eigenvalue weighted by Crippen LogP contribution is 2.17. The van der Waals surface area contributed by atoms with Crippen LogP contribution >= 0.6 is 11.6 Å². The zero-order valence-electron chi connectivity index (χ0n) is 11.1. The van der Waals surface area contributed by atoms with Crippen LogP contribution in [-0.2, 0) is 4.84 Å². The van der Waals surface area contributed by atoms with Crippen LogP contribution in [0.1, 0.15) is 13.8 Å². The maximum atomic E-state index is 5.54. The first-order chi connectivity index (χ1) is 9.26. The van der Waals surface area contributed by atoms with Crippen LogP contribution in [0, 0.1) is 0 Å². The van der Waals surface area contributed by atoms with Crippen molar-refractivity contribution in [1.82, 2.24) is 0 Å². The van der Waals surface area contributed by atoms with Crippen molar-refractivity contribution in [2.45, 2.75) is 13.8 Å². The highest BCUT2D eigenvalue weighted by atomic mass is 35.5. The molecule has 4 nitrogen and oxygen atoms in total. The largest absolute Gasteiger partial charge is 0.489 e. The van der Waals surface area contributed by atoms with Crippen molar-refractivity contribution in [3.05, 3.63) is 35.9 Å². The van der Waals surface area contributed by atoms with Gasteiger partial charge in [-0.15, -0.1) is 0 Å². The molecule has 0 atom stereocenters. The number of rotatable bonds is 8. The number of hydrogen-bond acceptors (Lipinski definition) is 4. The van der Waals surface area contributed by atoms with Gasteiger partial charge in [0.25, 0.3) is 0 Å². The molecule has 19 heavy (non-hydrogen) atoms. The van der Waals surface area contributed by atoms with Gasteiger partial charge in [-0.25, -0.2) is 0 Å². The molecule has 0 N–H and O–H groups in total. The third kappa shape index (κ3) is 6.72. The van der Waals surface area contributed by atoms with Gasteiger partial charge in [-0.3, -0.25) is 0 Å². The lowest BCUT2D eigenvalue weighted by Crippen LogP contribution is -2.08. The Morgan fingerprint density at radius 3 is 2.42 bits per heavy atom. The first-order valence-corrected chi connectivity index (χ1v) is 6.46. The minimum Gasteiger partial charge on any atom is -0.489 e. The van der Waals surface area contributed by atoms with E-state index in [2.05, 4.69) is 5.16 Å². The summed E-state index contributed by atoms with van der Waals surface area (Å²) in [5.41, 5.74) is 2.22. The summed E-state index contributed by atoms with van der Waals surface area (Å²) in [6.07, 6.45) is 1.72. The summed E-state index contributed by atoms with van der Waals surface area (Å²) in [6.45, 7) is 5.14. The van der Waals surface area contributed by atoms with Gasteiger partial charge in [-0.05, 0) is 44.2 Å². The van der Waals surface area contributed by atoms with Gasteiger partial charge in [0, 0.05) is 5.54 Å². The predicted molar refractivity (Wildman–Crippen MR) is 77.2 cm³/mol. The van der Waals surface area contributed by atoms with Gasteiger partial charge in [0.05, 0.1) is 5.71 Å². The predicted octanol–water partition coefficient (Wildman–Crippen LogP) is 3.61. The normalized spacial score (nSPS) is 11.6. The van der Waals surface area contributed by atoms with E-state index in [9.17, 15) is 0 Å². The van der Waals surface area contributed by atoms with Crippen molar-refractivity contribution >= 4 is 17.3 Å². The van der Waals surface area contributed by atoms with E-state index >= 15 is 0 Å². The Bertz CT molecular complexity index is 415.